The van der Waals surface area contributed by atoms with Gasteiger partial charge in [0.2, 0.25) is 17.7 Å². The van der Waals surface area contributed by atoms with Gasteiger partial charge in [0.15, 0.2) is 0 Å². The van der Waals surface area contributed by atoms with Gasteiger partial charge in [-0.25, -0.2) is 0 Å². The number of likely N-dealkylation sites (N-methyl/N-ethyl adjacent to an activating group) is 1. The van der Waals surface area contributed by atoms with Crippen LogP contribution in [-0.2, 0) is 23.5 Å². The van der Waals surface area contributed by atoms with Crippen LogP contribution < -0.4 is 16.4 Å². The molecule has 2 unspecified atom stereocenters. The summed E-state index contributed by atoms with van der Waals surface area (Å²) in [5.41, 5.74) is 5.08. The van der Waals surface area contributed by atoms with Crippen molar-refractivity contribution in [1.29, 1.82) is 0 Å². The fourth-order valence-corrected chi connectivity index (χ4v) is 3.49. The highest BCUT2D eigenvalue weighted by atomic mass is 31.2. The highest BCUT2D eigenvalue weighted by Gasteiger charge is 2.31. The second kappa shape index (κ2) is 11.8. The van der Waals surface area contributed by atoms with Crippen LogP contribution in [0.5, 0.6) is 0 Å². The average Bonchev–Trinajstić information content (AvgIpc) is 2.58. The van der Waals surface area contributed by atoms with Gasteiger partial charge in [-0.1, -0.05) is 0 Å². The summed E-state index contributed by atoms with van der Waals surface area (Å²) in [5, 5.41) is 5.10. The highest BCUT2D eigenvalue weighted by molar-refractivity contribution is 7.51. The SMILES string of the molecule is C=C.CNC(=O)C(CCC(N)=O)NC(=O)C1CCC(OP(C)(=O)O)CC1. The molecular formula is C16H30N3O6P. The number of nitrogens with two attached hydrogens (primary N) is 1. The third kappa shape index (κ3) is 9.70. The Balaban J connectivity index is 0.00000301. The van der Waals surface area contributed by atoms with Gasteiger partial charge in [-0.05, 0) is 32.1 Å². The molecule has 0 heterocycles. The molecule has 2 atom stereocenters. The molecule has 0 saturated heterocycles. The molecule has 1 aliphatic carbocycles. The van der Waals surface area contributed by atoms with Gasteiger partial charge in [-0.3, -0.25) is 18.9 Å². The number of hydrogen-bond donors (Lipinski definition) is 4. The first-order valence-corrected chi connectivity index (χ1v) is 10.4. The molecule has 3 amide bonds. The zero-order valence-electron chi connectivity index (χ0n) is 15.4. The van der Waals surface area contributed by atoms with Gasteiger partial charge in [0.05, 0.1) is 6.10 Å². The number of primary amides is 1. The minimum absolute atomic E-state index is 0.00122. The third-order valence-electron chi connectivity index (χ3n) is 3.95. The molecule has 150 valence electrons. The topological polar surface area (TPSA) is 148 Å². The van der Waals surface area contributed by atoms with E-state index in [0.29, 0.717) is 25.7 Å². The normalized spacial score (nSPS) is 22.7. The van der Waals surface area contributed by atoms with Gasteiger partial charge in [-0.2, -0.15) is 0 Å². The molecule has 0 aliphatic heterocycles. The summed E-state index contributed by atoms with van der Waals surface area (Å²) >= 11 is 0. The quantitative estimate of drug-likeness (QED) is 0.353. The van der Waals surface area contributed by atoms with Gasteiger partial charge in [0.1, 0.15) is 6.04 Å². The first kappa shape index (κ1) is 24.3. The van der Waals surface area contributed by atoms with Crippen molar-refractivity contribution in [3.63, 3.8) is 0 Å². The fraction of sp³-hybridized carbons (Fsp3) is 0.688. The molecule has 1 aliphatic rings. The lowest BCUT2D eigenvalue weighted by molar-refractivity contribution is -0.132. The summed E-state index contributed by atoms with van der Waals surface area (Å²) in [6.07, 6.45) is 1.83. The van der Waals surface area contributed by atoms with E-state index in [9.17, 15) is 23.8 Å². The van der Waals surface area contributed by atoms with Crippen molar-refractivity contribution in [2.24, 2.45) is 11.7 Å². The standard InChI is InChI=1S/C14H26N3O6P.C2H4/c1-16-14(20)11(7-8-12(15)18)17-13(19)9-3-5-10(6-4-9)23-24(2,21)22;1-2/h9-11H,3-8H2,1-2H3,(H2,15,18)(H,16,20)(H,17,19)(H,21,22);1-2H2. The maximum absolute atomic E-state index is 12.3. The summed E-state index contributed by atoms with van der Waals surface area (Å²) < 4.78 is 16.3. The smallest absolute Gasteiger partial charge is 0.325 e. The van der Waals surface area contributed by atoms with Crippen molar-refractivity contribution < 1.29 is 28.4 Å². The lowest BCUT2D eigenvalue weighted by Gasteiger charge is -2.29. The van der Waals surface area contributed by atoms with E-state index in [2.05, 4.69) is 23.8 Å². The Hall–Kier alpha value is -1.70. The molecule has 1 fully saturated rings. The summed E-state index contributed by atoms with van der Waals surface area (Å²) in [6.45, 7) is 7.14. The zero-order chi connectivity index (χ0) is 20.3. The Kier molecular flexibility index (Phi) is 11.1. The van der Waals surface area contributed by atoms with Crippen LogP contribution >= 0.6 is 7.60 Å². The second-order valence-corrected chi connectivity index (χ2v) is 7.88. The molecule has 26 heavy (non-hydrogen) atoms. The summed E-state index contributed by atoms with van der Waals surface area (Å²) in [4.78, 5) is 44.2. The van der Waals surface area contributed by atoms with Crippen molar-refractivity contribution >= 4 is 25.3 Å². The summed E-state index contributed by atoms with van der Waals surface area (Å²) in [6, 6.07) is -0.808. The lowest BCUT2D eigenvalue weighted by Crippen LogP contribution is -2.48. The monoisotopic (exact) mass is 391 g/mol. The van der Waals surface area contributed by atoms with E-state index in [0.717, 1.165) is 6.66 Å². The molecular weight excluding hydrogens is 361 g/mol. The number of carbonyl (C=O) groups excluding carboxylic acids is 3. The summed E-state index contributed by atoms with van der Waals surface area (Å²) in [5.74, 6) is -1.48. The van der Waals surface area contributed by atoms with Crippen LogP contribution in [0, 0.1) is 5.92 Å². The van der Waals surface area contributed by atoms with Crippen LogP contribution in [0.15, 0.2) is 13.2 Å². The molecule has 0 aromatic rings. The van der Waals surface area contributed by atoms with Gasteiger partial charge in [0, 0.05) is 26.1 Å². The molecule has 0 aromatic heterocycles. The number of hydrogen-bond acceptors (Lipinski definition) is 5. The minimum atomic E-state index is -3.53. The first-order valence-electron chi connectivity index (χ1n) is 8.41. The fourth-order valence-electron chi connectivity index (χ4n) is 2.73. The van der Waals surface area contributed by atoms with Crippen LogP contribution in [0.1, 0.15) is 38.5 Å². The third-order valence-corrected chi connectivity index (χ3v) is 4.64. The van der Waals surface area contributed by atoms with E-state index in [4.69, 9.17) is 10.3 Å². The van der Waals surface area contributed by atoms with Crippen molar-refractivity contribution in [2.75, 3.05) is 13.7 Å². The van der Waals surface area contributed by atoms with Gasteiger partial charge >= 0.3 is 7.60 Å². The Bertz CT molecular complexity index is 528. The number of nitrogens with one attached hydrogen (secondary N) is 2. The predicted octanol–water partition coefficient (Wildman–Crippen LogP) is 0.676. The van der Waals surface area contributed by atoms with Crippen LogP contribution in [-0.4, -0.2) is 48.5 Å². The molecule has 0 spiro atoms. The maximum Gasteiger partial charge on any atom is 0.325 e. The molecule has 1 saturated carbocycles. The second-order valence-electron chi connectivity index (χ2n) is 6.06. The molecule has 0 aromatic carbocycles. The average molecular weight is 391 g/mol. The van der Waals surface area contributed by atoms with E-state index in [1.54, 1.807) is 0 Å². The van der Waals surface area contributed by atoms with Gasteiger partial charge < -0.3 is 25.8 Å². The molecule has 9 nitrogen and oxygen atoms in total. The van der Waals surface area contributed by atoms with Crippen LogP contribution in [0.3, 0.4) is 0 Å². The Morgan fingerprint density at radius 3 is 2.23 bits per heavy atom. The first-order chi connectivity index (χ1) is 12.1. The van der Waals surface area contributed by atoms with Crippen LogP contribution in [0.25, 0.3) is 0 Å². The highest BCUT2D eigenvalue weighted by Crippen LogP contribution is 2.42. The molecule has 1 rings (SSSR count). The Morgan fingerprint density at radius 2 is 1.81 bits per heavy atom. The zero-order valence-corrected chi connectivity index (χ0v) is 16.3. The van der Waals surface area contributed by atoms with Crippen molar-refractivity contribution in [3.05, 3.63) is 13.2 Å². The number of rotatable bonds is 8. The number of amides is 3. The van der Waals surface area contributed by atoms with E-state index in [1.165, 1.54) is 7.05 Å². The minimum Gasteiger partial charge on any atom is -0.370 e. The van der Waals surface area contributed by atoms with Crippen molar-refractivity contribution in [3.8, 4) is 0 Å². The van der Waals surface area contributed by atoms with Gasteiger partial charge in [-0.15, -0.1) is 13.2 Å². The van der Waals surface area contributed by atoms with E-state index in [-0.39, 0.29) is 36.7 Å². The molecule has 5 N–H and O–H groups in total. The van der Waals surface area contributed by atoms with Gasteiger partial charge in [0.25, 0.3) is 0 Å². The summed E-state index contributed by atoms with van der Waals surface area (Å²) in [7, 11) is -2.08. The molecule has 10 heteroatoms. The van der Waals surface area contributed by atoms with Crippen LogP contribution in [0.4, 0.5) is 0 Å². The van der Waals surface area contributed by atoms with Crippen molar-refractivity contribution in [2.45, 2.75) is 50.7 Å². The van der Waals surface area contributed by atoms with Crippen LogP contribution in [0.2, 0.25) is 0 Å². The number of carbonyl (C=O) groups is 3. The molecule has 0 bridgehead atoms. The van der Waals surface area contributed by atoms with E-state index >= 15 is 0 Å². The Morgan fingerprint density at radius 1 is 1.27 bits per heavy atom. The van der Waals surface area contributed by atoms with E-state index in [1.807, 2.05) is 0 Å². The molecule has 0 radical (unpaired) electrons. The predicted molar refractivity (Wildman–Crippen MR) is 98.3 cm³/mol. The lowest BCUT2D eigenvalue weighted by atomic mass is 9.86. The Labute approximate surface area is 154 Å². The van der Waals surface area contributed by atoms with Crippen molar-refractivity contribution in [1.82, 2.24) is 10.6 Å². The van der Waals surface area contributed by atoms with E-state index < -0.39 is 19.5 Å². The maximum atomic E-state index is 12.3. The largest absolute Gasteiger partial charge is 0.370 e.